The molecule has 2 N–H and O–H groups in total. The minimum absolute atomic E-state index is 0.237. The van der Waals surface area contributed by atoms with Crippen molar-refractivity contribution in [1.82, 2.24) is 4.72 Å². The van der Waals surface area contributed by atoms with Gasteiger partial charge in [0.2, 0.25) is 10.0 Å². The van der Waals surface area contributed by atoms with Crippen LogP contribution in [0.5, 0.6) is 0 Å². The largest absolute Gasteiger partial charge is 0.384 e. The van der Waals surface area contributed by atoms with Crippen molar-refractivity contribution in [3.63, 3.8) is 0 Å². The van der Waals surface area contributed by atoms with Crippen LogP contribution in [0.1, 0.15) is 24.5 Å². The molecule has 4 nitrogen and oxygen atoms in total. The van der Waals surface area contributed by atoms with E-state index in [2.05, 4.69) is 16.6 Å². The van der Waals surface area contributed by atoms with Gasteiger partial charge in [0, 0.05) is 12.1 Å². The molecule has 0 fully saturated rings. The van der Waals surface area contributed by atoms with Crippen LogP contribution in [0.2, 0.25) is 0 Å². The molecule has 0 spiro atoms. The molecule has 0 aromatic heterocycles. The van der Waals surface area contributed by atoms with Crippen LogP contribution in [0.3, 0.4) is 0 Å². The van der Waals surface area contributed by atoms with Gasteiger partial charge in [0.05, 0.1) is 4.90 Å². The van der Waals surface area contributed by atoms with Crippen molar-refractivity contribution in [1.29, 1.82) is 0 Å². The highest BCUT2D eigenvalue weighted by Gasteiger charge is 2.16. The average Bonchev–Trinajstić information content (AvgIpc) is 2.35. The van der Waals surface area contributed by atoms with E-state index >= 15 is 0 Å². The van der Waals surface area contributed by atoms with Gasteiger partial charge in [0.15, 0.2) is 0 Å². The van der Waals surface area contributed by atoms with Crippen molar-refractivity contribution in [2.75, 3.05) is 13.2 Å². The first-order chi connectivity index (χ1) is 8.51. The molecular formula is C13H17NO3S. The van der Waals surface area contributed by atoms with Gasteiger partial charge in [-0.2, -0.15) is 0 Å². The third-order valence-electron chi connectivity index (χ3n) is 2.33. The predicted molar refractivity (Wildman–Crippen MR) is 70.6 cm³/mol. The smallest absolute Gasteiger partial charge is 0.240 e. The maximum atomic E-state index is 12.0. The molecule has 0 bridgehead atoms. The van der Waals surface area contributed by atoms with E-state index in [-0.39, 0.29) is 11.5 Å². The average molecular weight is 267 g/mol. The standard InChI is InChI=1S/C13H17NO3S/c1-3-8-14-18(16,17)13-10-12(5-4-9-15)7-6-11(13)2/h6-7,10,14-15H,3,8-9H2,1-2H3. The summed E-state index contributed by atoms with van der Waals surface area (Å²) in [7, 11) is -3.48. The maximum Gasteiger partial charge on any atom is 0.240 e. The van der Waals surface area contributed by atoms with Crippen molar-refractivity contribution >= 4 is 10.0 Å². The van der Waals surface area contributed by atoms with Crippen LogP contribution in [0, 0.1) is 18.8 Å². The molecule has 1 aromatic carbocycles. The van der Waals surface area contributed by atoms with Gasteiger partial charge in [0.1, 0.15) is 6.61 Å². The number of nitrogens with one attached hydrogen (secondary N) is 1. The molecule has 0 saturated heterocycles. The summed E-state index contributed by atoms with van der Waals surface area (Å²) in [5, 5.41) is 8.62. The second-order valence-electron chi connectivity index (χ2n) is 3.84. The van der Waals surface area contributed by atoms with E-state index in [4.69, 9.17) is 5.11 Å². The number of hydrogen-bond donors (Lipinski definition) is 2. The van der Waals surface area contributed by atoms with E-state index in [1.165, 1.54) is 6.07 Å². The van der Waals surface area contributed by atoms with Gasteiger partial charge in [-0.25, -0.2) is 13.1 Å². The molecule has 0 atom stereocenters. The number of rotatable bonds is 4. The quantitative estimate of drug-likeness (QED) is 0.801. The van der Waals surface area contributed by atoms with Gasteiger partial charge in [-0.3, -0.25) is 0 Å². The minimum Gasteiger partial charge on any atom is -0.384 e. The van der Waals surface area contributed by atoms with Crippen molar-refractivity contribution in [2.45, 2.75) is 25.2 Å². The molecule has 0 saturated carbocycles. The summed E-state index contributed by atoms with van der Waals surface area (Å²) in [5.41, 5.74) is 1.25. The van der Waals surface area contributed by atoms with E-state index < -0.39 is 10.0 Å². The Kier molecular flexibility index (Phi) is 5.35. The summed E-state index contributed by atoms with van der Waals surface area (Å²) in [5.74, 6) is 5.19. The predicted octanol–water partition coefficient (Wildman–Crippen LogP) is 1.03. The Labute approximate surface area is 108 Å². The lowest BCUT2D eigenvalue weighted by Gasteiger charge is -2.08. The Balaban J connectivity index is 3.15. The highest BCUT2D eigenvalue weighted by atomic mass is 32.2. The number of aliphatic hydroxyl groups is 1. The normalized spacial score (nSPS) is 10.8. The molecule has 0 radical (unpaired) electrons. The van der Waals surface area contributed by atoms with Gasteiger partial charge in [0.25, 0.3) is 0 Å². The van der Waals surface area contributed by atoms with Gasteiger partial charge in [-0.1, -0.05) is 24.8 Å². The lowest BCUT2D eigenvalue weighted by Crippen LogP contribution is -2.25. The Morgan fingerprint density at radius 3 is 2.72 bits per heavy atom. The van der Waals surface area contributed by atoms with E-state index in [1.807, 2.05) is 6.92 Å². The fourth-order valence-corrected chi connectivity index (χ4v) is 2.83. The van der Waals surface area contributed by atoms with Crippen molar-refractivity contribution < 1.29 is 13.5 Å². The highest BCUT2D eigenvalue weighted by molar-refractivity contribution is 7.89. The van der Waals surface area contributed by atoms with Gasteiger partial charge < -0.3 is 5.11 Å². The van der Waals surface area contributed by atoms with Crippen LogP contribution in [0.25, 0.3) is 0 Å². The molecule has 98 valence electrons. The molecule has 1 aromatic rings. The molecular weight excluding hydrogens is 250 g/mol. The molecule has 18 heavy (non-hydrogen) atoms. The summed E-state index contributed by atoms with van der Waals surface area (Å²) in [6.07, 6.45) is 0.738. The highest BCUT2D eigenvalue weighted by Crippen LogP contribution is 2.16. The number of sulfonamides is 1. The topological polar surface area (TPSA) is 66.4 Å². The van der Waals surface area contributed by atoms with Crippen LogP contribution >= 0.6 is 0 Å². The van der Waals surface area contributed by atoms with E-state index in [0.29, 0.717) is 17.7 Å². The lowest BCUT2D eigenvalue weighted by molar-refractivity contribution is 0.350. The van der Waals surface area contributed by atoms with Crippen molar-refractivity contribution in [2.24, 2.45) is 0 Å². The number of aliphatic hydroxyl groups excluding tert-OH is 1. The molecule has 0 aliphatic heterocycles. The molecule has 0 amide bonds. The third kappa shape index (κ3) is 3.84. The Morgan fingerprint density at radius 1 is 1.39 bits per heavy atom. The van der Waals surface area contributed by atoms with Gasteiger partial charge in [-0.05, 0) is 31.0 Å². The SMILES string of the molecule is CCCNS(=O)(=O)c1cc(C#CCO)ccc1C. The second kappa shape index (κ2) is 6.55. The number of benzene rings is 1. The Hall–Kier alpha value is -1.35. The minimum atomic E-state index is -3.48. The molecule has 0 aliphatic carbocycles. The molecule has 1 rings (SSSR count). The molecule has 0 heterocycles. The monoisotopic (exact) mass is 267 g/mol. The first-order valence-corrected chi connectivity index (χ1v) is 7.19. The summed E-state index contributed by atoms with van der Waals surface area (Å²) in [4.78, 5) is 0.237. The zero-order chi connectivity index (χ0) is 13.6. The lowest BCUT2D eigenvalue weighted by atomic mass is 10.1. The van der Waals surface area contributed by atoms with E-state index in [1.54, 1.807) is 19.1 Å². The van der Waals surface area contributed by atoms with Crippen LogP contribution in [-0.2, 0) is 10.0 Å². The summed E-state index contributed by atoms with van der Waals surface area (Å²) >= 11 is 0. The van der Waals surface area contributed by atoms with Crippen LogP contribution in [-0.4, -0.2) is 26.7 Å². The fraction of sp³-hybridized carbons (Fsp3) is 0.385. The molecule has 0 unspecified atom stereocenters. The maximum absolute atomic E-state index is 12.0. The second-order valence-corrected chi connectivity index (χ2v) is 5.57. The van der Waals surface area contributed by atoms with Crippen LogP contribution < -0.4 is 4.72 Å². The summed E-state index contributed by atoms with van der Waals surface area (Å²) in [6.45, 7) is 3.81. The number of aryl methyl sites for hydroxylation is 1. The van der Waals surface area contributed by atoms with Crippen LogP contribution in [0.4, 0.5) is 0 Å². The van der Waals surface area contributed by atoms with Crippen molar-refractivity contribution in [3.05, 3.63) is 29.3 Å². The Morgan fingerprint density at radius 2 is 2.11 bits per heavy atom. The Bertz CT molecular complexity index is 568. The molecule has 0 aliphatic rings. The zero-order valence-electron chi connectivity index (χ0n) is 10.5. The van der Waals surface area contributed by atoms with E-state index in [9.17, 15) is 8.42 Å². The zero-order valence-corrected chi connectivity index (χ0v) is 11.3. The first-order valence-electron chi connectivity index (χ1n) is 5.71. The summed E-state index contributed by atoms with van der Waals surface area (Å²) in [6, 6.07) is 4.97. The van der Waals surface area contributed by atoms with Crippen LogP contribution in [0.15, 0.2) is 23.1 Å². The van der Waals surface area contributed by atoms with Gasteiger partial charge in [-0.15, -0.1) is 0 Å². The van der Waals surface area contributed by atoms with Gasteiger partial charge >= 0.3 is 0 Å². The number of hydrogen-bond acceptors (Lipinski definition) is 3. The fourth-order valence-electron chi connectivity index (χ4n) is 1.42. The van der Waals surface area contributed by atoms with Crippen molar-refractivity contribution in [3.8, 4) is 11.8 Å². The molecule has 5 heteroatoms. The summed E-state index contributed by atoms with van der Waals surface area (Å²) < 4.78 is 26.6. The first kappa shape index (κ1) is 14.7. The third-order valence-corrected chi connectivity index (χ3v) is 3.93. The van der Waals surface area contributed by atoms with E-state index in [0.717, 1.165) is 6.42 Å².